The zero-order chi connectivity index (χ0) is 17.3. The van der Waals surface area contributed by atoms with Crippen LogP contribution in [-0.4, -0.2) is 15.5 Å². The Kier molecular flexibility index (Phi) is 4.87. The van der Waals surface area contributed by atoms with E-state index in [4.69, 9.17) is 10.7 Å². The van der Waals surface area contributed by atoms with Gasteiger partial charge in [0.2, 0.25) is 0 Å². The Morgan fingerprint density at radius 2 is 2.17 bits per heavy atom. The Labute approximate surface area is 150 Å². The van der Waals surface area contributed by atoms with Gasteiger partial charge >= 0.3 is 0 Å². The van der Waals surface area contributed by atoms with Crippen LogP contribution >= 0.6 is 22.7 Å². The minimum absolute atomic E-state index is 0.384. The Hall–Kier alpha value is -1.92. The molecule has 0 radical (unpaired) electrons. The zero-order valence-corrected chi connectivity index (χ0v) is 15.7. The summed E-state index contributed by atoms with van der Waals surface area (Å²) >= 11 is 3.31. The SMILES string of the molecule is Cc1c(C(N)=O)cc(-c2csc(-c3cccs3)n2)n1CCC(C)C. The summed E-state index contributed by atoms with van der Waals surface area (Å²) in [6, 6.07) is 5.98. The lowest BCUT2D eigenvalue weighted by molar-refractivity contribution is 0.0999. The molecule has 3 aromatic rings. The molecule has 3 aromatic heterocycles. The number of nitrogens with zero attached hydrogens (tertiary/aromatic N) is 2. The van der Waals surface area contributed by atoms with E-state index in [1.54, 1.807) is 22.7 Å². The van der Waals surface area contributed by atoms with Crippen LogP contribution in [0.1, 0.15) is 36.3 Å². The van der Waals surface area contributed by atoms with Crippen molar-refractivity contribution in [2.45, 2.75) is 33.7 Å². The smallest absolute Gasteiger partial charge is 0.250 e. The van der Waals surface area contributed by atoms with Crippen molar-refractivity contribution in [1.82, 2.24) is 9.55 Å². The van der Waals surface area contributed by atoms with E-state index < -0.39 is 0 Å². The second kappa shape index (κ2) is 6.91. The highest BCUT2D eigenvalue weighted by Gasteiger charge is 2.19. The molecule has 3 rings (SSSR count). The number of amides is 1. The van der Waals surface area contributed by atoms with Gasteiger partial charge in [0.15, 0.2) is 0 Å². The maximum absolute atomic E-state index is 11.7. The standard InChI is InChI=1S/C18H21N3OS2/c1-11(2)6-7-21-12(3)13(17(19)22)9-15(21)14-10-24-18(20-14)16-5-4-8-23-16/h4-5,8-11H,6-7H2,1-3H3,(H2,19,22). The first-order valence-corrected chi connectivity index (χ1v) is 9.73. The first kappa shape index (κ1) is 16.9. The molecule has 0 atom stereocenters. The Morgan fingerprint density at radius 3 is 2.79 bits per heavy atom. The van der Waals surface area contributed by atoms with Gasteiger partial charge in [0, 0.05) is 17.6 Å². The normalized spacial score (nSPS) is 11.3. The zero-order valence-electron chi connectivity index (χ0n) is 14.1. The monoisotopic (exact) mass is 359 g/mol. The lowest BCUT2D eigenvalue weighted by Gasteiger charge is -2.12. The summed E-state index contributed by atoms with van der Waals surface area (Å²) in [6.45, 7) is 7.21. The van der Waals surface area contributed by atoms with Crippen molar-refractivity contribution in [3.63, 3.8) is 0 Å². The van der Waals surface area contributed by atoms with E-state index in [-0.39, 0.29) is 5.91 Å². The molecular weight excluding hydrogens is 338 g/mol. The minimum Gasteiger partial charge on any atom is -0.366 e. The van der Waals surface area contributed by atoms with Gasteiger partial charge in [0.1, 0.15) is 5.01 Å². The van der Waals surface area contributed by atoms with Gasteiger partial charge in [-0.15, -0.1) is 22.7 Å². The van der Waals surface area contributed by atoms with Crippen LogP contribution in [0.3, 0.4) is 0 Å². The van der Waals surface area contributed by atoms with Crippen LogP contribution in [0.4, 0.5) is 0 Å². The third-order valence-electron chi connectivity index (χ3n) is 4.06. The first-order chi connectivity index (χ1) is 11.5. The van der Waals surface area contributed by atoms with E-state index in [1.807, 2.05) is 19.1 Å². The van der Waals surface area contributed by atoms with Gasteiger partial charge in [-0.3, -0.25) is 4.79 Å². The van der Waals surface area contributed by atoms with Crippen molar-refractivity contribution in [2.24, 2.45) is 11.7 Å². The summed E-state index contributed by atoms with van der Waals surface area (Å²) in [6.07, 6.45) is 1.04. The summed E-state index contributed by atoms with van der Waals surface area (Å²) in [7, 11) is 0. The molecule has 1 amide bonds. The predicted octanol–water partition coefficient (Wildman–Crippen LogP) is 4.79. The molecule has 6 heteroatoms. The molecule has 0 unspecified atom stereocenters. The number of aromatic nitrogens is 2. The maximum atomic E-state index is 11.7. The van der Waals surface area contributed by atoms with E-state index in [0.29, 0.717) is 11.5 Å². The fourth-order valence-corrected chi connectivity index (χ4v) is 4.32. The average molecular weight is 360 g/mol. The van der Waals surface area contributed by atoms with E-state index >= 15 is 0 Å². The topological polar surface area (TPSA) is 60.9 Å². The van der Waals surface area contributed by atoms with Crippen molar-refractivity contribution in [3.8, 4) is 21.3 Å². The molecule has 4 nitrogen and oxygen atoms in total. The van der Waals surface area contributed by atoms with Gasteiger partial charge in [0.25, 0.3) is 5.91 Å². The van der Waals surface area contributed by atoms with Gasteiger partial charge in [-0.05, 0) is 36.8 Å². The number of carbonyl (C=O) groups excluding carboxylic acids is 1. The highest BCUT2D eigenvalue weighted by atomic mass is 32.1. The minimum atomic E-state index is -0.384. The van der Waals surface area contributed by atoms with Crippen molar-refractivity contribution < 1.29 is 4.79 Å². The van der Waals surface area contributed by atoms with E-state index in [0.717, 1.165) is 35.1 Å². The van der Waals surface area contributed by atoms with E-state index in [2.05, 4.69) is 35.2 Å². The molecule has 0 aliphatic carbocycles. The van der Waals surface area contributed by atoms with Crippen molar-refractivity contribution in [3.05, 3.63) is 40.2 Å². The number of thiophene rings is 1. The molecule has 24 heavy (non-hydrogen) atoms. The number of thiazole rings is 1. The quantitative estimate of drug-likeness (QED) is 0.687. The van der Waals surface area contributed by atoms with Crippen molar-refractivity contribution >= 4 is 28.6 Å². The molecule has 0 aliphatic heterocycles. The van der Waals surface area contributed by atoms with Crippen LogP contribution in [-0.2, 0) is 6.54 Å². The molecule has 126 valence electrons. The molecule has 3 heterocycles. The first-order valence-electron chi connectivity index (χ1n) is 7.97. The lowest BCUT2D eigenvalue weighted by atomic mass is 10.1. The largest absolute Gasteiger partial charge is 0.366 e. The van der Waals surface area contributed by atoms with E-state index in [9.17, 15) is 4.79 Å². The Bertz CT molecular complexity index is 844. The second-order valence-corrected chi connectivity index (χ2v) is 8.05. The van der Waals surface area contributed by atoms with Gasteiger partial charge in [-0.2, -0.15) is 0 Å². The van der Waals surface area contributed by atoms with Crippen LogP contribution in [0.25, 0.3) is 21.3 Å². The van der Waals surface area contributed by atoms with Crippen LogP contribution in [0, 0.1) is 12.8 Å². The molecule has 0 fully saturated rings. The Balaban J connectivity index is 2.02. The third-order valence-corrected chi connectivity index (χ3v) is 5.94. The maximum Gasteiger partial charge on any atom is 0.250 e. The number of hydrogen-bond donors (Lipinski definition) is 1. The number of nitrogens with two attached hydrogens (primary N) is 1. The van der Waals surface area contributed by atoms with Gasteiger partial charge < -0.3 is 10.3 Å². The molecule has 0 aliphatic rings. The number of hydrogen-bond acceptors (Lipinski definition) is 4. The Morgan fingerprint density at radius 1 is 1.38 bits per heavy atom. The molecule has 0 spiro atoms. The molecule has 0 bridgehead atoms. The summed E-state index contributed by atoms with van der Waals surface area (Å²) in [5, 5.41) is 5.12. The van der Waals surface area contributed by atoms with Crippen molar-refractivity contribution in [1.29, 1.82) is 0 Å². The number of primary amides is 1. The third kappa shape index (κ3) is 3.30. The van der Waals surface area contributed by atoms with Crippen LogP contribution < -0.4 is 5.73 Å². The van der Waals surface area contributed by atoms with Gasteiger partial charge in [0.05, 0.1) is 21.8 Å². The number of rotatable bonds is 6. The van der Waals surface area contributed by atoms with E-state index in [1.165, 1.54) is 4.88 Å². The van der Waals surface area contributed by atoms with Crippen LogP contribution in [0.5, 0.6) is 0 Å². The lowest BCUT2D eigenvalue weighted by Crippen LogP contribution is -2.13. The average Bonchev–Trinajstić information content (AvgIpc) is 3.24. The highest BCUT2D eigenvalue weighted by Crippen LogP contribution is 2.33. The molecular formula is C18H21N3OS2. The van der Waals surface area contributed by atoms with Crippen LogP contribution in [0.2, 0.25) is 0 Å². The molecule has 0 aromatic carbocycles. The van der Waals surface area contributed by atoms with Crippen molar-refractivity contribution in [2.75, 3.05) is 0 Å². The summed E-state index contributed by atoms with van der Waals surface area (Å²) in [5.74, 6) is 0.208. The predicted molar refractivity (Wildman–Crippen MR) is 102 cm³/mol. The van der Waals surface area contributed by atoms with Gasteiger partial charge in [-0.25, -0.2) is 4.98 Å². The number of carbonyl (C=O) groups is 1. The molecule has 2 N–H and O–H groups in total. The fourth-order valence-electron chi connectivity index (χ4n) is 2.69. The molecule has 0 saturated heterocycles. The fraction of sp³-hybridized carbons (Fsp3) is 0.333. The molecule has 0 saturated carbocycles. The summed E-state index contributed by atoms with van der Waals surface area (Å²) in [5.41, 5.74) is 8.93. The summed E-state index contributed by atoms with van der Waals surface area (Å²) < 4.78 is 2.17. The summed E-state index contributed by atoms with van der Waals surface area (Å²) in [4.78, 5) is 17.7. The van der Waals surface area contributed by atoms with Gasteiger partial charge in [-0.1, -0.05) is 19.9 Å². The second-order valence-electron chi connectivity index (χ2n) is 6.24. The van der Waals surface area contributed by atoms with Crippen LogP contribution in [0.15, 0.2) is 29.0 Å². The highest BCUT2D eigenvalue weighted by molar-refractivity contribution is 7.20.